The van der Waals surface area contributed by atoms with E-state index in [9.17, 15) is 63.0 Å². The third-order valence-electron chi connectivity index (χ3n) is 12.6. The van der Waals surface area contributed by atoms with Gasteiger partial charge in [-0.3, -0.25) is 53.0 Å². The number of aliphatic imine (C=N–C) groups is 1. The van der Waals surface area contributed by atoms with Gasteiger partial charge in [0.05, 0.1) is 38.0 Å². The van der Waals surface area contributed by atoms with Crippen LogP contribution in [-0.4, -0.2) is 163 Å². The van der Waals surface area contributed by atoms with E-state index in [0.29, 0.717) is 19.4 Å². The van der Waals surface area contributed by atoms with Gasteiger partial charge < -0.3 is 74.1 Å². The molecule has 15 N–H and O–H groups in total. The number of guanidine groups is 1. The predicted octanol–water partition coefficient (Wildman–Crippen LogP) is -2.34. The van der Waals surface area contributed by atoms with Crippen LogP contribution in [0, 0.1) is 35.0 Å². The summed E-state index contributed by atoms with van der Waals surface area (Å²) in [6.07, 6.45) is 10.1. The molecule has 27 nitrogen and oxygen atoms in total. The number of amides is 10. The van der Waals surface area contributed by atoms with E-state index in [1.807, 2.05) is 31.3 Å². The summed E-state index contributed by atoms with van der Waals surface area (Å²) >= 11 is 0. The molecule has 1 saturated carbocycles. The third-order valence-corrected chi connectivity index (χ3v) is 12.6. The third kappa shape index (κ3) is 20.7. The number of carboxylic acids is 1. The number of alkyl carbamates (subject to hydrolysis) is 2. The van der Waals surface area contributed by atoms with Gasteiger partial charge in [0.15, 0.2) is 5.96 Å². The number of nitrogens with one attached hydrogen (secondary N) is 7. The molecule has 0 aromatic rings. The van der Waals surface area contributed by atoms with Crippen LogP contribution in [0.15, 0.2) is 41.4 Å². The van der Waals surface area contributed by atoms with E-state index in [0.717, 1.165) is 11.3 Å². The van der Waals surface area contributed by atoms with Gasteiger partial charge in [-0.15, -0.1) is 0 Å². The van der Waals surface area contributed by atoms with Gasteiger partial charge in [-0.2, -0.15) is 0 Å². The highest BCUT2D eigenvalue weighted by molar-refractivity contribution is 6.06. The first-order chi connectivity index (χ1) is 35.3. The number of aliphatic carboxylic acids is 1. The Kier molecular flexibility index (Phi) is 24.1. The number of nitrogens with zero attached hydrogens (tertiary/aromatic N) is 2. The highest BCUT2D eigenvalue weighted by Gasteiger charge is 2.53. The summed E-state index contributed by atoms with van der Waals surface area (Å²) in [7, 11) is 0. The lowest BCUT2D eigenvalue weighted by Crippen LogP contribution is -2.56. The first-order valence-corrected chi connectivity index (χ1v) is 24.6. The van der Waals surface area contributed by atoms with Crippen LogP contribution in [0.2, 0.25) is 0 Å². The highest BCUT2D eigenvalue weighted by Crippen LogP contribution is 2.44. The smallest absolute Gasteiger partial charge is 0.407 e. The normalized spacial score (nSPS) is 22.9. The molecule has 10 amide bonds. The summed E-state index contributed by atoms with van der Waals surface area (Å²) in [5.41, 5.74) is 14.9. The molecule has 0 radical (unpaired) electrons. The lowest BCUT2D eigenvalue weighted by Gasteiger charge is -2.46. The molecule has 416 valence electrons. The minimum atomic E-state index is -1.75. The van der Waals surface area contributed by atoms with Crippen molar-refractivity contribution >= 4 is 71.4 Å². The average Bonchev–Trinajstić information content (AvgIpc) is 3.58. The van der Waals surface area contributed by atoms with Crippen molar-refractivity contribution in [2.24, 2.45) is 57.2 Å². The number of nitrogens with two attached hydrogens (primary N) is 3. The monoisotopic (exact) mass is 1060 g/mol. The number of allylic oxidation sites excluding steroid dienone is 4. The van der Waals surface area contributed by atoms with Gasteiger partial charge in [0.2, 0.25) is 47.3 Å². The van der Waals surface area contributed by atoms with Gasteiger partial charge in [-0.05, 0) is 69.3 Å². The van der Waals surface area contributed by atoms with Crippen LogP contribution in [0.4, 0.5) is 9.59 Å². The number of carboxylic acid groups (broad SMARTS) is 1. The van der Waals surface area contributed by atoms with Crippen LogP contribution in [0.1, 0.15) is 79.6 Å². The van der Waals surface area contributed by atoms with Gasteiger partial charge in [-0.25, -0.2) is 9.59 Å². The first-order valence-electron chi connectivity index (χ1n) is 24.6. The molecule has 3 rings (SSSR count). The van der Waals surface area contributed by atoms with Crippen molar-refractivity contribution in [1.82, 2.24) is 42.1 Å². The zero-order chi connectivity index (χ0) is 56.0. The van der Waals surface area contributed by atoms with Crippen molar-refractivity contribution < 1.29 is 72.4 Å². The Morgan fingerprint density at radius 2 is 1.49 bits per heavy atom. The zero-order valence-electron chi connectivity index (χ0n) is 43.0. The molecule has 1 saturated heterocycles. The summed E-state index contributed by atoms with van der Waals surface area (Å²) in [6.45, 7) is 7.31. The molecule has 75 heavy (non-hydrogen) atoms. The second-order valence-corrected chi connectivity index (χ2v) is 19.8. The molecular formula is C48H74N12O15. The maximum atomic E-state index is 13.9. The summed E-state index contributed by atoms with van der Waals surface area (Å²) in [4.78, 5) is 145. The predicted molar refractivity (Wildman–Crippen MR) is 268 cm³/mol. The van der Waals surface area contributed by atoms with Crippen LogP contribution < -0.4 is 54.4 Å². The number of likely N-dealkylation sites (tertiary alicyclic amines) is 1. The second kappa shape index (κ2) is 29.3. The fourth-order valence-corrected chi connectivity index (χ4v) is 9.64. The number of imide groups is 1. The van der Waals surface area contributed by atoms with Crippen LogP contribution in [0.25, 0.3) is 0 Å². The summed E-state index contributed by atoms with van der Waals surface area (Å²) in [6, 6.07) is -4.66. The Balaban J connectivity index is 1.54. The number of carbonyl (C=O) groups is 11. The van der Waals surface area contributed by atoms with Crippen LogP contribution >= 0.6 is 0 Å². The Bertz CT molecular complexity index is 2230. The summed E-state index contributed by atoms with van der Waals surface area (Å²) in [5.74, 6) is -11.3. The molecule has 1 heterocycles. The maximum Gasteiger partial charge on any atom is 0.407 e. The summed E-state index contributed by atoms with van der Waals surface area (Å²) in [5, 5.41) is 35.5. The Morgan fingerprint density at radius 1 is 0.827 bits per heavy atom. The van der Waals surface area contributed by atoms with Gasteiger partial charge >= 0.3 is 18.2 Å². The Labute approximate surface area is 434 Å². The molecule has 0 bridgehead atoms. The minimum absolute atomic E-state index is 0.0156. The number of fused-ring (bicyclic) bond motifs is 1. The van der Waals surface area contributed by atoms with E-state index in [2.05, 4.69) is 50.7 Å². The van der Waals surface area contributed by atoms with Crippen molar-refractivity contribution in [2.45, 2.75) is 103 Å². The molecular weight excluding hydrogens is 985 g/mol. The molecule has 2 aliphatic carbocycles. The van der Waals surface area contributed by atoms with E-state index >= 15 is 0 Å². The molecule has 9 atom stereocenters. The van der Waals surface area contributed by atoms with E-state index in [4.69, 9.17) is 26.7 Å². The molecule has 6 unspecified atom stereocenters. The Morgan fingerprint density at radius 3 is 2.13 bits per heavy atom. The van der Waals surface area contributed by atoms with Gasteiger partial charge in [-0.1, -0.05) is 51.2 Å². The molecule has 0 aromatic carbocycles. The van der Waals surface area contributed by atoms with Crippen LogP contribution in [0.5, 0.6) is 0 Å². The van der Waals surface area contributed by atoms with Crippen molar-refractivity contribution in [3.05, 3.63) is 36.5 Å². The largest absolute Gasteiger partial charge is 0.481 e. The van der Waals surface area contributed by atoms with E-state index < -0.39 is 139 Å². The van der Waals surface area contributed by atoms with E-state index in [1.54, 1.807) is 31.2 Å². The maximum absolute atomic E-state index is 13.9. The van der Waals surface area contributed by atoms with Gasteiger partial charge in [0, 0.05) is 37.5 Å². The fourth-order valence-electron chi connectivity index (χ4n) is 9.64. The van der Waals surface area contributed by atoms with Gasteiger partial charge in [0.1, 0.15) is 31.3 Å². The molecule has 3 aliphatic rings. The number of hydrogen-bond acceptors (Lipinski definition) is 15. The fraction of sp³-hybridized carbons (Fsp3) is 0.625. The highest BCUT2D eigenvalue weighted by atomic mass is 16.6. The van der Waals surface area contributed by atoms with Crippen molar-refractivity contribution in [3.63, 3.8) is 0 Å². The number of aliphatic hydroxyl groups is 1. The molecule has 1 aliphatic heterocycles. The molecule has 0 aromatic heterocycles. The van der Waals surface area contributed by atoms with E-state index in [1.165, 1.54) is 0 Å². The minimum Gasteiger partial charge on any atom is -0.481 e. The SMILES string of the molecule is C/C=C/C=C/COC(=O)NCC1CC(C)(C)CC(C)(NC(=O)OCC2C=CC(C)C3C(=O)N(CCC(=O)NCC(=O)N[C@@H](CCCN=C(N)N)C(=O)NCC(=O)N[C@@H](CC(=O)O)C(=O)N[C@@H](CO)C(N)=O)C(=O)C23)C1. The first kappa shape index (κ1) is 61.7. The van der Waals surface area contributed by atoms with Gasteiger partial charge in [0.25, 0.3) is 0 Å². The molecule has 2 fully saturated rings. The number of ether oxygens (including phenoxy) is 2. The quantitative estimate of drug-likeness (QED) is 0.00976. The second-order valence-electron chi connectivity index (χ2n) is 19.8. The Hall–Kier alpha value is -7.58. The van der Waals surface area contributed by atoms with Crippen molar-refractivity contribution in [1.29, 1.82) is 0 Å². The number of aliphatic hydroxyl groups excluding tert-OH is 1. The van der Waals surface area contributed by atoms with Crippen molar-refractivity contribution in [2.75, 3.05) is 52.5 Å². The summed E-state index contributed by atoms with van der Waals surface area (Å²) < 4.78 is 10.9. The molecule has 0 spiro atoms. The lowest BCUT2D eigenvalue weighted by molar-refractivity contribution is -0.142. The van der Waals surface area contributed by atoms with Crippen LogP contribution in [0.3, 0.4) is 0 Å². The lowest BCUT2D eigenvalue weighted by atomic mass is 9.64. The number of primary amides is 1. The number of carbonyl (C=O) groups excluding carboxylic acids is 10. The standard InChI is InChI=1S/C48H74N12O15/c1-6-7-8-9-17-74-45(72)55-21-28-19-47(3,4)26-48(5,20-28)59-46(73)75-25-29-13-12-27(2)37-38(29)43(71)60(42(37)70)16-14-33(62)53-22-34(63)56-30(11-10-15-52-44(50)51)40(68)54-23-35(64)57-31(18-36(65)66)41(69)58-32(24-61)39(49)67/h6-9,12-13,27-32,37-38,61H,10-11,14-26H2,1-5H3,(H2,49,67)(H,53,62)(H,54,68)(H,55,72)(H,56,63)(H,57,64)(H,58,69)(H,59,73)(H,65,66)(H4,50,51,52)/b7-6+,9-8+/t27?,28?,29?,30-,31-,32-,37?,38?,48?/m0/s1. The average molecular weight is 1060 g/mol. The zero-order valence-corrected chi connectivity index (χ0v) is 43.0. The van der Waals surface area contributed by atoms with Crippen LogP contribution in [-0.2, 0) is 52.6 Å². The topological polar surface area (TPSA) is 425 Å². The number of rotatable bonds is 28. The van der Waals surface area contributed by atoms with E-state index in [-0.39, 0.29) is 62.4 Å². The van der Waals surface area contributed by atoms with Crippen molar-refractivity contribution in [3.8, 4) is 0 Å². The number of hydrogen-bond donors (Lipinski definition) is 12. The molecule has 27 heteroatoms.